The molecule has 1 amide bonds. The van der Waals surface area contributed by atoms with Crippen LogP contribution in [0, 0.1) is 11.8 Å². The first kappa shape index (κ1) is 11.6. The van der Waals surface area contributed by atoms with Crippen LogP contribution in [0.4, 0.5) is 5.69 Å². The van der Waals surface area contributed by atoms with Gasteiger partial charge in [0, 0.05) is 17.8 Å². The molecular weight excluding hydrogens is 244 g/mol. The second kappa shape index (κ2) is 4.35. The van der Waals surface area contributed by atoms with Crippen LogP contribution in [0.3, 0.4) is 0 Å². The number of pyridine rings is 1. The summed E-state index contributed by atoms with van der Waals surface area (Å²) in [6.07, 6.45) is 3.80. The van der Waals surface area contributed by atoms with E-state index in [1.165, 1.54) is 0 Å². The Morgan fingerprint density at radius 3 is 2.84 bits per heavy atom. The molecule has 19 heavy (non-hydrogen) atoms. The summed E-state index contributed by atoms with van der Waals surface area (Å²) >= 11 is 0. The van der Waals surface area contributed by atoms with E-state index in [9.17, 15) is 9.59 Å². The third-order valence-corrected chi connectivity index (χ3v) is 3.39. The average Bonchev–Trinajstić information content (AvgIpc) is 3.19. The SMILES string of the molecule is O=C(O)C1CC1C(=O)Nc1cccc2ccncc12. The molecule has 2 atom stereocenters. The Morgan fingerprint density at radius 2 is 2.11 bits per heavy atom. The standard InChI is InChI=1S/C14H12N2O3/c17-13(9-6-10(9)14(18)19)16-12-3-1-2-8-4-5-15-7-11(8)12/h1-5,7,9-10H,6H2,(H,16,17)(H,18,19). The topological polar surface area (TPSA) is 79.3 Å². The first-order chi connectivity index (χ1) is 9.16. The number of carboxylic acids is 1. The van der Waals surface area contributed by atoms with Crippen LogP contribution >= 0.6 is 0 Å². The highest BCUT2D eigenvalue weighted by atomic mass is 16.4. The largest absolute Gasteiger partial charge is 0.481 e. The van der Waals surface area contributed by atoms with Crippen LogP contribution in [-0.2, 0) is 9.59 Å². The van der Waals surface area contributed by atoms with Gasteiger partial charge in [-0.1, -0.05) is 12.1 Å². The number of hydrogen-bond acceptors (Lipinski definition) is 3. The van der Waals surface area contributed by atoms with Crippen LogP contribution in [0.25, 0.3) is 10.8 Å². The van der Waals surface area contributed by atoms with Crippen molar-refractivity contribution in [3.05, 3.63) is 36.7 Å². The fraction of sp³-hybridized carbons (Fsp3) is 0.214. The summed E-state index contributed by atoms with van der Waals surface area (Å²) in [7, 11) is 0. The zero-order chi connectivity index (χ0) is 13.4. The first-order valence-corrected chi connectivity index (χ1v) is 6.03. The predicted octanol–water partition coefficient (Wildman–Crippen LogP) is 1.89. The van der Waals surface area contributed by atoms with Crippen molar-refractivity contribution < 1.29 is 14.7 Å². The monoisotopic (exact) mass is 256 g/mol. The molecule has 0 saturated heterocycles. The summed E-state index contributed by atoms with van der Waals surface area (Å²) in [6, 6.07) is 7.44. The maximum absolute atomic E-state index is 11.9. The molecule has 1 saturated carbocycles. The third kappa shape index (κ3) is 2.14. The molecule has 0 aliphatic heterocycles. The summed E-state index contributed by atoms with van der Waals surface area (Å²) in [5.74, 6) is -2.08. The molecule has 2 aromatic rings. The van der Waals surface area contributed by atoms with Gasteiger partial charge in [0.2, 0.25) is 5.91 Å². The van der Waals surface area contributed by atoms with E-state index in [1.54, 1.807) is 18.5 Å². The predicted molar refractivity (Wildman–Crippen MR) is 69.6 cm³/mol. The Kier molecular flexibility index (Phi) is 2.67. The molecule has 1 aliphatic rings. The normalized spacial score (nSPS) is 21.1. The number of anilines is 1. The quantitative estimate of drug-likeness (QED) is 0.879. The van der Waals surface area contributed by atoms with E-state index < -0.39 is 17.8 Å². The maximum atomic E-state index is 11.9. The smallest absolute Gasteiger partial charge is 0.307 e. The molecule has 1 aromatic carbocycles. The van der Waals surface area contributed by atoms with Crippen molar-refractivity contribution >= 4 is 28.3 Å². The van der Waals surface area contributed by atoms with Gasteiger partial charge in [-0.05, 0) is 23.9 Å². The molecule has 2 N–H and O–H groups in total. The van der Waals surface area contributed by atoms with Gasteiger partial charge in [0.1, 0.15) is 0 Å². The second-order valence-electron chi connectivity index (χ2n) is 4.68. The van der Waals surface area contributed by atoms with Gasteiger partial charge in [0.15, 0.2) is 0 Å². The van der Waals surface area contributed by atoms with Crippen LogP contribution in [0.2, 0.25) is 0 Å². The summed E-state index contributed by atoms with van der Waals surface area (Å²) in [6.45, 7) is 0. The number of fused-ring (bicyclic) bond motifs is 1. The Morgan fingerprint density at radius 1 is 1.26 bits per heavy atom. The molecule has 3 rings (SSSR count). The lowest BCUT2D eigenvalue weighted by atomic mass is 10.1. The average molecular weight is 256 g/mol. The number of carbonyl (C=O) groups excluding carboxylic acids is 1. The van der Waals surface area contributed by atoms with Crippen molar-refractivity contribution in [2.24, 2.45) is 11.8 Å². The minimum absolute atomic E-state index is 0.233. The molecule has 1 aliphatic carbocycles. The van der Waals surface area contributed by atoms with E-state index in [2.05, 4.69) is 10.3 Å². The third-order valence-electron chi connectivity index (χ3n) is 3.39. The number of rotatable bonds is 3. The molecule has 1 fully saturated rings. The van der Waals surface area contributed by atoms with Gasteiger partial charge in [-0.3, -0.25) is 14.6 Å². The first-order valence-electron chi connectivity index (χ1n) is 6.03. The molecular formula is C14H12N2O3. The lowest BCUT2D eigenvalue weighted by Gasteiger charge is -2.07. The highest BCUT2D eigenvalue weighted by molar-refractivity contribution is 6.04. The van der Waals surface area contributed by atoms with E-state index in [4.69, 9.17) is 5.11 Å². The van der Waals surface area contributed by atoms with Gasteiger partial charge in [0.25, 0.3) is 0 Å². The number of aliphatic carboxylic acids is 1. The minimum atomic E-state index is -0.903. The lowest BCUT2D eigenvalue weighted by molar-refractivity contribution is -0.139. The van der Waals surface area contributed by atoms with Crippen LogP contribution < -0.4 is 5.32 Å². The summed E-state index contributed by atoms with van der Waals surface area (Å²) in [5, 5.41) is 13.4. The fourth-order valence-electron chi connectivity index (χ4n) is 2.21. The zero-order valence-corrected chi connectivity index (χ0v) is 10.0. The van der Waals surface area contributed by atoms with Gasteiger partial charge in [-0.25, -0.2) is 0 Å². The van der Waals surface area contributed by atoms with Crippen molar-refractivity contribution in [2.45, 2.75) is 6.42 Å². The molecule has 96 valence electrons. The number of aromatic nitrogens is 1. The Labute approximate surface area is 109 Å². The van der Waals surface area contributed by atoms with Gasteiger partial charge >= 0.3 is 5.97 Å². The zero-order valence-electron chi connectivity index (χ0n) is 10.0. The second-order valence-corrected chi connectivity index (χ2v) is 4.68. The minimum Gasteiger partial charge on any atom is -0.481 e. The number of carboxylic acid groups (broad SMARTS) is 1. The van der Waals surface area contributed by atoms with Gasteiger partial charge in [-0.15, -0.1) is 0 Å². The number of nitrogens with zero attached hydrogens (tertiary/aromatic N) is 1. The van der Waals surface area contributed by atoms with Gasteiger partial charge in [0.05, 0.1) is 17.5 Å². The van der Waals surface area contributed by atoms with Crippen LogP contribution in [0.15, 0.2) is 36.7 Å². The number of carbonyl (C=O) groups is 2. The Balaban J connectivity index is 1.83. The van der Waals surface area contributed by atoms with E-state index >= 15 is 0 Å². The summed E-state index contributed by atoms with van der Waals surface area (Å²) in [4.78, 5) is 26.7. The lowest BCUT2D eigenvalue weighted by Crippen LogP contribution is -2.16. The van der Waals surface area contributed by atoms with E-state index in [0.717, 1.165) is 10.8 Å². The van der Waals surface area contributed by atoms with Crippen molar-refractivity contribution in [3.63, 3.8) is 0 Å². The molecule has 0 bridgehead atoms. The van der Waals surface area contributed by atoms with E-state index in [-0.39, 0.29) is 5.91 Å². The summed E-state index contributed by atoms with van der Waals surface area (Å²) < 4.78 is 0. The molecule has 5 heteroatoms. The van der Waals surface area contributed by atoms with Crippen LogP contribution in [0.1, 0.15) is 6.42 Å². The summed E-state index contributed by atoms with van der Waals surface area (Å²) in [5.41, 5.74) is 0.673. The molecule has 2 unspecified atom stereocenters. The fourth-order valence-corrected chi connectivity index (χ4v) is 2.21. The number of hydrogen-bond donors (Lipinski definition) is 2. The van der Waals surface area contributed by atoms with Crippen LogP contribution in [0.5, 0.6) is 0 Å². The Bertz CT molecular complexity index is 663. The van der Waals surface area contributed by atoms with Gasteiger partial charge < -0.3 is 10.4 Å². The van der Waals surface area contributed by atoms with Crippen molar-refractivity contribution in [1.82, 2.24) is 4.98 Å². The molecule has 1 aromatic heterocycles. The van der Waals surface area contributed by atoms with Crippen molar-refractivity contribution in [2.75, 3.05) is 5.32 Å². The number of nitrogens with one attached hydrogen (secondary N) is 1. The Hall–Kier alpha value is -2.43. The molecule has 0 radical (unpaired) electrons. The van der Waals surface area contributed by atoms with Gasteiger partial charge in [-0.2, -0.15) is 0 Å². The van der Waals surface area contributed by atoms with E-state index in [0.29, 0.717) is 12.1 Å². The molecule has 5 nitrogen and oxygen atoms in total. The van der Waals surface area contributed by atoms with E-state index in [1.807, 2.05) is 18.2 Å². The molecule has 0 spiro atoms. The highest BCUT2D eigenvalue weighted by Gasteiger charge is 2.48. The number of benzene rings is 1. The molecule has 1 heterocycles. The van der Waals surface area contributed by atoms with Crippen LogP contribution in [-0.4, -0.2) is 22.0 Å². The number of amides is 1. The van der Waals surface area contributed by atoms with Crippen molar-refractivity contribution in [1.29, 1.82) is 0 Å². The van der Waals surface area contributed by atoms with Crippen molar-refractivity contribution in [3.8, 4) is 0 Å². The highest BCUT2D eigenvalue weighted by Crippen LogP contribution is 2.39. The maximum Gasteiger partial charge on any atom is 0.307 e.